The number of hydrogen-bond acceptors (Lipinski definition) is 4. The van der Waals surface area contributed by atoms with E-state index in [0.29, 0.717) is 25.1 Å². The van der Waals surface area contributed by atoms with E-state index in [1.807, 2.05) is 6.92 Å². The Bertz CT molecular complexity index is 461. The van der Waals surface area contributed by atoms with E-state index >= 15 is 0 Å². The molecule has 1 saturated heterocycles. The van der Waals surface area contributed by atoms with Gasteiger partial charge in [-0.3, -0.25) is 14.6 Å². The summed E-state index contributed by atoms with van der Waals surface area (Å²) in [5.74, 6) is -0.167. The molecule has 0 unspecified atom stereocenters. The van der Waals surface area contributed by atoms with E-state index in [-0.39, 0.29) is 23.7 Å². The number of hydrogen-bond donors (Lipinski definition) is 0. The molecule has 0 aliphatic carbocycles. The third kappa shape index (κ3) is 2.92. The highest BCUT2D eigenvalue weighted by molar-refractivity contribution is 5.94. The van der Waals surface area contributed by atoms with Crippen molar-refractivity contribution >= 4 is 11.9 Å². The SMILES string of the molecule is COC(=O)[C@H]1CCN(C(=O)c2ccncc2)C[C@H]1C. The van der Waals surface area contributed by atoms with Crippen molar-refractivity contribution in [1.82, 2.24) is 9.88 Å². The molecular formula is C14H18N2O3. The van der Waals surface area contributed by atoms with Gasteiger partial charge in [-0.15, -0.1) is 0 Å². The molecule has 0 aromatic carbocycles. The van der Waals surface area contributed by atoms with Crippen LogP contribution >= 0.6 is 0 Å². The monoisotopic (exact) mass is 262 g/mol. The maximum Gasteiger partial charge on any atom is 0.309 e. The normalized spacial score (nSPS) is 22.9. The van der Waals surface area contributed by atoms with Crippen LogP contribution in [0.4, 0.5) is 0 Å². The van der Waals surface area contributed by atoms with Crippen LogP contribution in [0.5, 0.6) is 0 Å². The summed E-state index contributed by atoms with van der Waals surface area (Å²) in [6.07, 6.45) is 3.88. The predicted octanol–water partition coefficient (Wildman–Crippen LogP) is 1.35. The Balaban J connectivity index is 2.02. The van der Waals surface area contributed by atoms with Gasteiger partial charge in [0.05, 0.1) is 13.0 Å². The quantitative estimate of drug-likeness (QED) is 0.755. The number of ether oxygens (including phenoxy) is 1. The van der Waals surface area contributed by atoms with E-state index in [9.17, 15) is 9.59 Å². The standard InChI is InChI=1S/C14H18N2O3/c1-10-9-16(8-5-12(10)14(18)19-2)13(17)11-3-6-15-7-4-11/h3-4,6-7,10,12H,5,8-9H2,1-2H3/t10-,12+/m1/s1. The van der Waals surface area contributed by atoms with Crippen molar-refractivity contribution in [3.05, 3.63) is 30.1 Å². The number of piperidine rings is 1. The highest BCUT2D eigenvalue weighted by atomic mass is 16.5. The maximum atomic E-state index is 12.3. The minimum absolute atomic E-state index is 0.00225. The molecule has 1 aliphatic heterocycles. The Hall–Kier alpha value is -1.91. The molecule has 102 valence electrons. The lowest BCUT2D eigenvalue weighted by Gasteiger charge is -2.35. The zero-order valence-electron chi connectivity index (χ0n) is 11.2. The third-order valence-corrected chi connectivity index (χ3v) is 3.62. The lowest BCUT2D eigenvalue weighted by molar-refractivity contribution is -0.148. The van der Waals surface area contributed by atoms with Crippen molar-refractivity contribution in [1.29, 1.82) is 0 Å². The van der Waals surface area contributed by atoms with Gasteiger partial charge in [0.2, 0.25) is 0 Å². The number of methoxy groups -OCH3 is 1. The number of nitrogens with zero attached hydrogens (tertiary/aromatic N) is 2. The summed E-state index contributed by atoms with van der Waals surface area (Å²) >= 11 is 0. The number of rotatable bonds is 2. The second-order valence-electron chi connectivity index (χ2n) is 4.88. The fourth-order valence-electron chi connectivity index (χ4n) is 2.51. The molecule has 5 heteroatoms. The second kappa shape index (κ2) is 5.82. The summed E-state index contributed by atoms with van der Waals surface area (Å²) in [5.41, 5.74) is 0.638. The first-order valence-corrected chi connectivity index (χ1v) is 6.40. The molecule has 1 amide bonds. The predicted molar refractivity (Wildman–Crippen MR) is 69.4 cm³/mol. The first-order chi connectivity index (χ1) is 9.13. The molecule has 0 spiro atoms. The first kappa shape index (κ1) is 13.5. The van der Waals surface area contributed by atoms with E-state index in [1.54, 1.807) is 29.4 Å². The number of esters is 1. The lowest BCUT2D eigenvalue weighted by Crippen LogP contribution is -2.45. The molecule has 0 saturated carbocycles. The molecule has 1 aromatic rings. The summed E-state index contributed by atoms with van der Waals surface area (Å²) in [7, 11) is 1.41. The van der Waals surface area contributed by atoms with Crippen LogP contribution in [0.2, 0.25) is 0 Å². The largest absolute Gasteiger partial charge is 0.469 e. The average molecular weight is 262 g/mol. The van der Waals surface area contributed by atoms with Crippen LogP contribution in [0.3, 0.4) is 0 Å². The highest BCUT2D eigenvalue weighted by Gasteiger charge is 2.33. The summed E-state index contributed by atoms with van der Waals surface area (Å²) in [6.45, 7) is 3.15. The molecule has 0 radical (unpaired) electrons. The zero-order chi connectivity index (χ0) is 13.8. The van der Waals surface area contributed by atoms with Crippen LogP contribution < -0.4 is 0 Å². The maximum absolute atomic E-state index is 12.3. The van der Waals surface area contributed by atoms with Crippen LogP contribution in [0, 0.1) is 11.8 Å². The smallest absolute Gasteiger partial charge is 0.309 e. The van der Waals surface area contributed by atoms with Gasteiger partial charge in [0, 0.05) is 31.0 Å². The molecule has 1 aromatic heterocycles. The van der Waals surface area contributed by atoms with Gasteiger partial charge in [-0.05, 0) is 24.5 Å². The van der Waals surface area contributed by atoms with Crippen molar-refractivity contribution in [3.8, 4) is 0 Å². The van der Waals surface area contributed by atoms with E-state index in [2.05, 4.69) is 4.98 Å². The fourth-order valence-corrected chi connectivity index (χ4v) is 2.51. The van der Waals surface area contributed by atoms with E-state index in [1.165, 1.54) is 7.11 Å². The Labute approximate surface area is 112 Å². The van der Waals surface area contributed by atoms with Gasteiger partial charge in [0.15, 0.2) is 0 Å². The first-order valence-electron chi connectivity index (χ1n) is 6.40. The molecule has 0 bridgehead atoms. The van der Waals surface area contributed by atoms with E-state index in [0.717, 1.165) is 0 Å². The average Bonchev–Trinajstić information content (AvgIpc) is 2.46. The van der Waals surface area contributed by atoms with Crippen molar-refractivity contribution in [2.45, 2.75) is 13.3 Å². The zero-order valence-corrected chi connectivity index (χ0v) is 11.2. The van der Waals surface area contributed by atoms with Crippen LogP contribution in [-0.4, -0.2) is 42.0 Å². The van der Waals surface area contributed by atoms with Crippen LogP contribution in [0.15, 0.2) is 24.5 Å². The van der Waals surface area contributed by atoms with Gasteiger partial charge < -0.3 is 9.64 Å². The Morgan fingerprint density at radius 3 is 2.63 bits per heavy atom. The van der Waals surface area contributed by atoms with Gasteiger partial charge in [-0.2, -0.15) is 0 Å². The van der Waals surface area contributed by atoms with Crippen molar-refractivity contribution in [2.24, 2.45) is 11.8 Å². The van der Waals surface area contributed by atoms with Crippen LogP contribution in [0.25, 0.3) is 0 Å². The Morgan fingerprint density at radius 1 is 1.37 bits per heavy atom. The molecule has 2 heterocycles. The van der Waals surface area contributed by atoms with Crippen molar-refractivity contribution in [2.75, 3.05) is 20.2 Å². The van der Waals surface area contributed by atoms with Gasteiger partial charge >= 0.3 is 5.97 Å². The van der Waals surface area contributed by atoms with Crippen LogP contribution in [0.1, 0.15) is 23.7 Å². The number of aromatic nitrogens is 1. The number of likely N-dealkylation sites (tertiary alicyclic amines) is 1. The minimum Gasteiger partial charge on any atom is -0.469 e. The molecule has 5 nitrogen and oxygen atoms in total. The van der Waals surface area contributed by atoms with Crippen molar-refractivity contribution in [3.63, 3.8) is 0 Å². The topological polar surface area (TPSA) is 59.5 Å². The summed E-state index contributed by atoms with van der Waals surface area (Å²) in [4.78, 5) is 29.6. The number of carbonyl (C=O) groups excluding carboxylic acids is 2. The Morgan fingerprint density at radius 2 is 2.05 bits per heavy atom. The summed E-state index contributed by atoms with van der Waals surface area (Å²) in [6, 6.07) is 3.42. The van der Waals surface area contributed by atoms with Gasteiger partial charge in [-0.1, -0.05) is 6.92 Å². The number of pyridine rings is 1. The van der Waals surface area contributed by atoms with E-state index in [4.69, 9.17) is 4.74 Å². The summed E-state index contributed by atoms with van der Waals surface area (Å²) in [5, 5.41) is 0. The number of carbonyl (C=O) groups is 2. The Kier molecular flexibility index (Phi) is 4.14. The van der Waals surface area contributed by atoms with Crippen LogP contribution in [-0.2, 0) is 9.53 Å². The van der Waals surface area contributed by atoms with Crippen molar-refractivity contribution < 1.29 is 14.3 Å². The molecule has 0 N–H and O–H groups in total. The molecular weight excluding hydrogens is 244 g/mol. The number of amides is 1. The van der Waals surface area contributed by atoms with Gasteiger partial charge in [-0.25, -0.2) is 0 Å². The molecule has 19 heavy (non-hydrogen) atoms. The van der Waals surface area contributed by atoms with Gasteiger partial charge in [0.1, 0.15) is 0 Å². The molecule has 2 rings (SSSR count). The lowest BCUT2D eigenvalue weighted by atomic mass is 9.86. The third-order valence-electron chi connectivity index (χ3n) is 3.62. The molecule has 2 atom stereocenters. The summed E-state index contributed by atoms with van der Waals surface area (Å²) < 4.78 is 4.79. The highest BCUT2D eigenvalue weighted by Crippen LogP contribution is 2.25. The molecule has 1 aliphatic rings. The van der Waals surface area contributed by atoms with E-state index < -0.39 is 0 Å². The fraction of sp³-hybridized carbons (Fsp3) is 0.500. The minimum atomic E-state index is -0.177. The second-order valence-corrected chi connectivity index (χ2v) is 4.88. The molecule has 1 fully saturated rings. The van der Waals surface area contributed by atoms with Gasteiger partial charge in [0.25, 0.3) is 5.91 Å².